The summed E-state index contributed by atoms with van der Waals surface area (Å²) < 4.78 is 5.78. The van der Waals surface area contributed by atoms with Gasteiger partial charge in [0.2, 0.25) is 11.8 Å². The molecule has 40 heavy (non-hydrogen) atoms. The molecule has 0 saturated carbocycles. The molecule has 2 aromatic rings. The molecule has 4 rings (SSSR count). The zero-order valence-corrected chi connectivity index (χ0v) is 22.1. The highest BCUT2D eigenvalue weighted by Crippen LogP contribution is 2.28. The SMILES string of the molecule is C#CCN1CC(=O)N2[C@@H](CCC(=O)O)C(=O)N(CCOCc3ccccc3)C[C@@H]2N1C(=O)NCc1ccccc1. The van der Waals surface area contributed by atoms with Crippen LogP contribution in [0.2, 0.25) is 0 Å². The molecule has 210 valence electrons. The second-order valence-electron chi connectivity index (χ2n) is 9.57. The van der Waals surface area contributed by atoms with Crippen LogP contribution in [0.4, 0.5) is 4.79 Å². The van der Waals surface area contributed by atoms with Gasteiger partial charge in [0.05, 0.1) is 32.8 Å². The van der Waals surface area contributed by atoms with Crippen LogP contribution in [0.3, 0.4) is 0 Å². The maximum Gasteiger partial charge on any atom is 0.334 e. The van der Waals surface area contributed by atoms with Crippen molar-refractivity contribution >= 4 is 23.8 Å². The zero-order chi connectivity index (χ0) is 28.5. The number of amides is 4. The number of urea groups is 1. The molecule has 0 radical (unpaired) electrons. The maximum absolute atomic E-state index is 13.5. The van der Waals surface area contributed by atoms with Crippen LogP contribution in [-0.4, -0.2) is 93.7 Å². The van der Waals surface area contributed by atoms with Crippen LogP contribution in [0.1, 0.15) is 24.0 Å². The standard InChI is InChI=1S/C29H33N5O6/c1-2-15-32-20-26(35)33-24(13-14-27(36)37)28(38)31(16-17-40-21-23-11-7-4-8-12-23)19-25(33)34(32)29(39)30-18-22-9-5-3-6-10-22/h1,3-12,24-25H,13-21H2,(H,30,39)(H,36,37)/t24-,25-/m0/s1. The summed E-state index contributed by atoms with van der Waals surface area (Å²) in [5.74, 6) is 0.652. The van der Waals surface area contributed by atoms with Gasteiger partial charge in [-0.15, -0.1) is 6.42 Å². The largest absolute Gasteiger partial charge is 0.481 e. The molecule has 4 amide bonds. The fraction of sp³-hybridized carbons (Fsp3) is 0.379. The van der Waals surface area contributed by atoms with Gasteiger partial charge in [-0.1, -0.05) is 66.6 Å². The Morgan fingerprint density at radius 3 is 2.38 bits per heavy atom. The van der Waals surface area contributed by atoms with Crippen molar-refractivity contribution in [2.45, 2.75) is 38.2 Å². The van der Waals surface area contributed by atoms with Crippen molar-refractivity contribution in [3.05, 3.63) is 71.8 Å². The second-order valence-corrected chi connectivity index (χ2v) is 9.57. The minimum Gasteiger partial charge on any atom is -0.481 e. The average molecular weight is 548 g/mol. The summed E-state index contributed by atoms with van der Waals surface area (Å²) in [5.41, 5.74) is 1.88. The Bertz CT molecular complexity index is 1230. The van der Waals surface area contributed by atoms with E-state index in [4.69, 9.17) is 11.2 Å². The van der Waals surface area contributed by atoms with Crippen LogP contribution >= 0.6 is 0 Å². The second kappa shape index (κ2) is 13.6. The number of piperazine rings is 1. The van der Waals surface area contributed by atoms with Crippen LogP contribution in [0.25, 0.3) is 0 Å². The number of carbonyl (C=O) groups excluding carboxylic acids is 3. The summed E-state index contributed by atoms with van der Waals surface area (Å²) in [4.78, 5) is 54.6. The molecule has 2 aliphatic heterocycles. The fourth-order valence-corrected chi connectivity index (χ4v) is 4.97. The summed E-state index contributed by atoms with van der Waals surface area (Å²) in [6.07, 6.45) is 4.32. The number of nitrogens with zero attached hydrogens (tertiary/aromatic N) is 4. The topological polar surface area (TPSA) is 123 Å². The van der Waals surface area contributed by atoms with Crippen molar-refractivity contribution in [1.29, 1.82) is 0 Å². The van der Waals surface area contributed by atoms with Crippen LogP contribution in [0, 0.1) is 12.3 Å². The Morgan fingerprint density at radius 2 is 1.73 bits per heavy atom. The monoisotopic (exact) mass is 547 g/mol. The Morgan fingerprint density at radius 1 is 1.05 bits per heavy atom. The van der Waals surface area contributed by atoms with Gasteiger partial charge in [-0.25, -0.2) is 9.80 Å². The van der Waals surface area contributed by atoms with E-state index in [-0.39, 0.29) is 58.1 Å². The van der Waals surface area contributed by atoms with Gasteiger partial charge >= 0.3 is 12.0 Å². The van der Waals surface area contributed by atoms with E-state index in [2.05, 4.69) is 11.2 Å². The van der Waals surface area contributed by atoms with E-state index in [1.807, 2.05) is 60.7 Å². The molecule has 0 unspecified atom stereocenters. The molecule has 2 atom stereocenters. The summed E-state index contributed by atoms with van der Waals surface area (Å²) in [7, 11) is 0. The lowest BCUT2D eigenvalue weighted by atomic mass is 10.0. The Kier molecular flexibility index (Phi) is 9.72. The van der Waals surface area contributed by atoms with E-state index < -0.39 is 30.1 Å². The van der Waals surface area contributed by atoms with Crippen molar-refractivity contribution in [2.75, 3.05) is 32.8 Å². The molecule has 0 aromatic heterocycles. The van der Waals surface area contributed by atoms with Crippen LogP contribution in [0.15, 0.2) is 60.7 Å². The summed E-state index contributed by atoms with van der Waals surface area (Å²) in [6, 6.07) is 17.5. The number of fused-ring (bicyclic) bond motifs is 1. The Balaban J connectivity index is 1.54. The van der Waals surface area contributed by atoms with Crippen molar-refractivity contribution in [1.82, 2.24) is 25.1 Å². The molecule has 11 heteroatoms. The van der Waals surface area contributed by atoms with E-state index in [9.17, 15) is 24.3 Å². The third-order valence-corrected chi connectivity index (χ3v) is 6.85. The molecular formula is C29H33N5O6. The first-order valence-electron chi connectivity index (χ1n) is 13.1. The van der Waals surface area contributed by atoms with Gasteiger partial charge in [0.15, 0.2) is 0 Å². The Labute approximate surface area is 233 Å². The number of benzene rings is 2. The minimum absolute atomic E-state index is 0.00274. The fourth-order valence-electron chi connectivity index (χ4n) is 4.97. The third kappa shape index (κ3) is 6.97. The maximum atomic E-state index is 13.5. The molecule has 2 heterocycles. The number of rotatable bonds is 11. The number of hydrogen-bond donors (Lipinski definition) is 2. The van der Waals surface area contributed by atoms with E-state index in [0.29, 0.717) is 6.61 Å². The van der Waals surface area contributed by atoms with E-state index in [1.165, 1.54) is 19.8 Å². The van der Waals surface area contributed by atoms with Gasteiger partial charge in [-0.3, -0.25) is 14.4 Å². The van der Waals surface area contributed by atoms with Gasteiger partial charge in [0.25, 0.3) is 0 Å². The van der Waals surface area contributed by atoms with Crippen molar-refractivity contribution in [3.63, 3.8) is 0 Å². The molecule has 0 spiro atoms. The lowest BCUT2D eigenvalue weighted by Crippen LogP contribution is -2.76. The van der Waals surface area contributed by atoms with E-state index in [0.717, 1.165) is 11.1 Å². The highest BCUT2D eigenvalue weighted by atomic mass is 16.5. The third-order valence-electron chi connectivity index (χ3n) is 6.85. The van der Waals surface area contributed by atoms with Crippen molar-refractivity contribution in [3.8, 4) is 12.3 Å². The number of nitrogens with one attached hydrogen (secondary N) is 1. The van der Waals surface area contributed by atoms with E-state index in [1.54, 1.807) is 0 Å². The van der Waals surface area contributed by atoms with Gasteiger partial charge in [-0.2, -0.15) is 5.01 Å². The molecule has 11 nitrogen and oxygen atoms in total. The summed E-state index contributed by atoms with van der Waals surface area (Å²) in [6.45, 7) is 0.869. The first kappa shape index (κ1) is 28.6. The lowest BCUT2D eigenvalue weighted by molar-refractivity contribution is -0.190. The number of aliphatic carboxylic acids is 1. The first-order valence-corrected chi connectivity index (χ1v) is 13.1. The molecule has 2 fully saturated rings. The minimum atomic E-state index is -1.08. The number of carboxylic acid groups (broad SMARTS) is 1. The van der Waals surface area contributed by atoms with Crippen molar-refractivity contribution < 1.29 is 29.0 Å². The average Bonchev–Trinajstić information content (AvgIpc) is 2.95. The predicted octanol–water partition coefficient (Wildman–Crippen LogP) is 1.51. The normalized spacial score (nSPS) is 19.2. The molecule has 2 saturated heterocycles. The molecule has 2 aromatic carbocycles. The summed E-state index contributed by atoms with van der Waals surface area (Å²) in [5, 5.41) is 15.1. The van der Waals surface area contributed by atoms with Crippen LogP contribution in [-0.2, 0) is 32.3 Å². The first-order chi connectivity index (χ1) is 19.4. The smallest absolute Gasteiger partial charge is 0.334 e. The number of hydrazine groups is 1. The molecule has 0 aliphatic carbocycles. The van der Waals surface area contributed by atoms with Gasteiger partial charge in [0.1, 0.15) is 12.2 Å². The number of carbonyl (C=O) groups is 4. The molecular weight excluding hydrogens is 514 g/mol. The Hall–Kier alpha value is -4.40. The summed E-state index contributed by atoms with van der Waals surface area (Å²) >= 11 is 0. The quantitative estimate of drug-likeness (QED) is 0.323. The molecule has 2 aliphatic rings. The molecule has 0 bridgehead atoms. The highest BCUT2D eigenvalue weighted by Gasteiger charge is 2.51. The zero-order valence-electron chi connectivity index (χ0n) is 22.1. The van der Waals surface area contributed by atoms with E-state index >= 15 is 0 Å². The number of hydrogen-bond acceptors (Lipinski definition) is 6. The van der Waals surface area contributed by atoms with Crippen LogP contribution < -0.4 is 5.32 Å². The number of terminal acetylenes is 1. The highest BCUT2D eigenvalue weighted by molar-refractivity contribution is 5.91. The molecule has 2 N–H and O–H groups in total. The number of carboxylic acids is 1. The van der Waals surface area contributed by atoms with Gasteiger partial charge in [0, 0.05) is 19.5 Å². The van der Waals surface area contributed by atoms with Crippen molar-refractivity contribution in [2.24, 2.45) is 0 Å². The number of ether oxygens (including phenoxy) is 1. The lowest BCUT2D eigenvalue weighted by Gasteiger charge is -2.54. The predicted molar refractivity (Wildman–Crippen MR) is 145 cm³/mol. The van der Waals surface area contributed by atoms with Crippen LogP contribution in [0.5, 0.6) is 0 Å². The van der Waals surface area contributed by atoms with Gasteiger partial charge in [-0.05, 0) is 17.5 Å². The van der Waals surface area contributed by atoms with Gasteiger partial charge < -0.3 is 25.0 Å².